The zero-order valence-corrected chi connectivity index (χ0v) is 14.2. The van der Waals surface area contributed by atoms with E-state index in [-0.39, 0.29) is 17.5 Å². The molecule has 2 aromatic rings. The number of phenols is 2. The third-order valence-corrected chi connectivity index (χ3v) is 4.65. The van der Waals surface area contributed by atoms with Crippen molar-refractivity contribution in [1.29, 1.82) is 0 Å². The summed E-state index contributed by atoms with van der Waals surface area (Å²) in [6.07, 6.45) is 2.10. The fourth-order valence-corrected chi connectivity index (χ4v) is 3.33. The van der Waals surface area contributed by atoms with Gasteiger partial charge in [0, 0.05) is 6.54 Å². The smallest absolute Gasteiger partial charge is 0.210 e. The first-order chi connectivity index (χ1) is 12.1. The number of hydrogen-bond acceptors (Lipinski definition) is 5. The highest BCUT2D eigenvalue weighted by molar-refractivity contribution is 5.55. The number of benzene rings is 2. The van der Waals surface area contributed by atoms with E-state index in [2.05, 4.69) is 0 Å². The second-order valence-corrected chi connectivity index (χ2v) is 6.04. The van der Waals surface area contributed by atoms with Gasteiger partial charge in [-0.05, 0) is 53.8 Å². The molecule has 2 aromatic carbocycles. The van der Waals surface area contributed by atoms with Crippen molar-refractivity contribution in [2.45, 2.75) is 18.9 Å². The molecule has 1 atom stereocenters. The summed E-state index contributed by atoms with van der Waals surface area (Å²) in [5.41, 5.74) is 2.89. The molecule has 0 aliphatic carbocycles. The number of aromatic hydroxyl groups is 2. The van der Waals surface area contributed by atoms with E-state index in [1.54, 1.807) is 29.2 Å². The SMILES string of the molecule is COc1cc(C[C@H]2c3cc(O)c(OC)cc3CCN2C=O)ccc1O. The molecule has 0 unspecified atom stereocenters. The van der Waals surface area contributed by atoms with Crippen LogP contribution in [0.25, 0.3) is 0 Å². The molecule has 25 heavy (non-hydrogen) atoms. The maximum atomic E-state index is 11.5. The fraction of sp³-hybridized carbons (Fsp3) is 0.316. The summed E-state index contributed by atoms with van der Waals surface area (Å²) in [5.74, 6) is 0.958. The second kappa shape index (κ2) is 6.93. The molecule has 0 aromatic heterocycles. The molecule has 3 rings (SSSR count). The highest BCUT2D eigenvalue weighted by atomic mass is 16.5. The van der Waals surface area contributed by atoms with Crippen LogP contribution in [0.3, 0.4) is 0 Å². The van der Waals surface area contributed by atoms with Crippen molar-refractivity contribution in [3.63, 3.8) is 0 Å². The monoisotopic (exact) mass is 343 g/mol. The van der Waals surface area contributed by atoms with Crippen LogP contribution < -0.4 is 9.47 Å². The Balaban J connectivity index is 1.99. The number of phenolic OH excluding ortho intramolecular Hbond substituents is 2. The molecular weight excluding hydrogens is 322 g/mol. The van der Waals surface area contributed by atoms with Gasteiger partial charge in [-0.3, -0.25) is 4.79 Å². The van der Waals surface area contributed by atoms with E-state index < -0.39 is 0 Å². The summed E-state index contributed by atoms with van der Waals surface area (Å²) in [6, 6.07) is 8.44. The predicted molar refractivity (Wildman–Crippen MR) is 92.2 cm³/mol. The van der Waals surface area contributed by atoms with Gasteiger partial charge in [-0.15, -0.1) is 0 Å². The Morgan fingerprint density at radius 3 is 2.52 bits per heavy atom. The number of amides is 1. The van der Waals surface area contributed by atoms with Crippen molar-refractivity contribution in [2.24, 2.45) is 0 Å². The van der Waals surface area contributed by atoms with Gasteiger partial charge < -0.3 is 24.6 Å². The molecule has 2 N–H and O–H groups in total. The van der Waals surface area contributed by atoms with Crippen LogP contribution in [0.4, 0.5) is 0 Å². The second-order valence-electron chi connectivity index (χ2n) is 6.04. The number of nitrogens with zero attached hydrogens (tertiary/aromatic N) is 1. The first kappa shape index (κ1) is 17.0. The van der Waals surface area contributed by atoms with Crippen LogP contribution in [-0.4, -0.2) is 42.3 Å². The third kappa shape index (κ3) is 3.20. The van der Waals surface area contributed by atoms with E-state index in [0.29, 0.717) is 30.9 Å². The molecular formula is C19H21NO5. The lowest BCUT2D eigenvalue weighted by Gasteiger charge is -2.35. The Labute approximate surface area is 146 Å². The Morgan fingerprint density at radius 2 is 1.84 bits per heavy atom. The van der Waals surface area contributed by atoms with Gasteiger partial charge in [0.25, 0.3) is 0 Å². The summed E-state index contributed by atoms with van der Waals surface area (Å²) in [4.78, 5) is 13.3. The summed E-state index contributed by atoms with van der Waals surface area (Å²) < 4.78 is 10.3. The van der Waals surface area contributed by atoms with Gasteiger partial charge in [0.05, 0.1) is 20.3 Å². The number of carbonyl (C=O) groups excluding carboxylic acids is 1. The maximum absolute atomic E-state index is 11.5. The molecule has 132 valence electrons. The summed E-state index contributed by atoms with van der Waals surface area (Å²) in [5, 5.41) is 19.9. The zero-order chi connectivity index (χ0) is 18.0. The molecule has 1 aliphatic heterocycles. The van der Waals surface area contributed by atoms with Gasteiger partial charge in [0.1, 0.15) is 0 Å². The first-order valence-electron chi connectivity index (χ1n) is 8.04. The lowest BCUT2D eigenvalue weighted by atomic mass is 9.88. The van der Waals surface area contributed by atoms with E-state index in [1.807, 2.05) is 6.07 Å². The molecule has 6 nitrogen and oxygen atoms in total. The van der Waals surface area contributed by atoms with Crippen LogP contribution in [0, 0.1) is 0 Å². The van der Waals surface area contributed by atoms with Crippen LogP contribution in [-0.2, 0) is 17.6 Å². The topological polar surface area (TPSA) is 79.2 Å². The number of ether oxygens (including phenoxy) is 2. The van der Waals surface area contributed by atoms with Crippen LogP contribution in [0.2, 0.25) is 0 Å². The number of rotatable bonds is 5. The molecule has 0 bridgehead atoms. The lowest BCUT2D eigenvalue weighted by Crippen LogP contribution is -2.35. The molecule has 1 aliphatic rings. The van der Waals surface area contributed by atoms with Gasteiger partial charge in [0.2, 0.25) is 6.41 Å². The molecule has 1 heterocycles. The van der Waals surface area contributed by atoms with Crippen molar-refractivity contribution in [2.75, 3.05) is 20.8 Å². The average molecular weight is 343 g/mol. The zero-order valence-electron chi connectivity index (χ0n) is 14.2. The van der Waals surface area contributed by atoms with Crippen molar-refractivity contribution >= 4 is 6.41 Å². The molecule has 0 fully saturated rings. The van der Waals surface area contributed by atoms with Crippen molar-refractivity contribution in [1.82, 2.24) is 4.90 Å². The van der Waals surface area contributed by atoms with E-state index in [4.69, 9.17) is 9.47 Å². The van der Waals surface area contributed by atoms with E-state index in [9.17, 15) is 15.0 Å². The summed E-state index contributed by atoms with van der Waals surface area (Å²) in [6.45, 7) is 0.602. The van der Waals surface area contributed by atoms with Gasteiger partial charge >= 0.3 is 0 Å². The molecule has 0 saturated heterocycles. The minimum atomic E-state index is -0.202. The summed E-state index contributed by atoms with van der Waals surface area (Å²) in [7, 11) is 3.01. The Kier molecular flexibility index (Phi) is 4.70. The highest BCUT2D eigenvalue weighted by Gasteiger charge is 2.28. The number of hydrogen-bond donors (Lipinski definition) is 2. The largest absolute Gasteiger partial charge is 0.504 e. The first-order valence-corrected chi connectivity index (χ1v) is 8.04. The fourth-order valence-electron chi connectivity index (χ4n) is 3.33. The molecule has 6 heteroatoms. The number of methoxy groups -OCH3 is 2. The normalized spacial score (nSPS) is 16.2. The Hall–Kier alpha value is -2.89. The predicted octanol–water partition coefficient (Wildman–Crippen LogP) is 2.41. The van der Waals surface area contributed by atoms with Gasteiger partial charge in [0.15, 0.2) is 23.0 Å². The van der Waals surface area contributed by atoms with E-state index >= 15 is 0 Å². The van der Waals surface area contributed by atoms with Crippen LogP contribution >= 0.6 is 0 Å². The quantitative estimate of drug-likeness (QED) is 0.815. The van der Waals surface area contributed by atoms with Gasteiger partial charge in [-0.2, -0.15) is 0 Å². The third-order valence-electron chi connectivity index (χ3n) is 4.65. The maximum Gasteiger partial charge on any atom is 0.210 e. The average Bonchev–Trinajstić information content (AvgIpc) is 2.63. The molecule has 0 radical (unpaired) electrons. The van der Waals surface area contributed by atoms with Gasteiger partial charge in [-0.1, -0.05) is 6.07 Å². The van der Waals surface area contributed by atoms with Crippen molar-refractivity contribution in [3.05, 3.63) is 47.0 Å². The Bertz CT molecular complexity index is 790. The number of fused-ring (bicyclic) bond motifs is 1. The molecule has 1 amide bonds. The lowest BCUT2D eigenvalue weighted by molar-refractivity contribution is -0.120. The number of carbonyl (C=O) groups is 1. The molecule has 0 saturated carbocycles. The van der Waals surface area contributed by atoms with E-state index in [0.717, 1.165) is 23.1 Å². The standard InChI is InChI=1S/C19H21NO5/c1-24-18-8-12(3-4-16(18)22)7-15-14-10-17(23)19(25-2)9-13(14)5-6-20(15)11-21/h3-4,8-11,15,22-23H,5-7H2,1-2H3/t15-/m0/s1. The Morgan fingerprint density at radius 1 is 1.12 bits per heavy atom. The van der Waals surface area contributed by atoms with Crippen molar-refractivity contribution < 1.29 is 24.5 Å². The molecule has 0 spiro atoms. The minimum absolute atomic E-state index is 0.0577. The van der Waals surface area contributed by atoms with Crippen LogP contribution in [0.1, 0.15) is 22.7 Å². The highest BCUT2D eigenvalue weighted by Crippen LogP contribution is 2.39. The van der Waals surface area contributed by atoms with Crippen molar-refractivity contribution in [3.8, 4) is 23.0 Å². The van der Waals surface area contributed by atoms with Gasteiger partial charge in [-0.25, -0.2) is 0 Å². The minimum Gasteiger partial charge on any atom is -0.504 e. The van der Waals surface area contributed by atoms with Crippen LogP contribution in [0.5, 0.6) is 23.0 Å². The summed E-state index contributed by atoms with van der Waals surface area (Å²) >= 11 is 0. The van der Waals surface area contributed by atoms with Crippen LogP contribution in [0.15, 0.2) is 30.3 Å². The van der Waals surface area contributed by atoms with E-state index in [1.165, 1.54) is 14.2 Å².